The molecule has 5 heteroatoms. The molecule has 2 rings (SSSR count). The van der Waals surface area contributed by atoms with Crippen molar-refractivity contribution in [2.75, 3.05) is 19.6 Å². The number of hydrogen-bond donors (Lipinski definition) is 1. The van der Waals surface area contributed by atoms with Crippen LogP contribution in [0.2, 0.25) is 0 Å². The molecule has 0 amide bonds. The van der Waals surface area contributed by atoms with Crippen LogP contribution in [0.4, 0.5) is 5.69 Å². The fourth-order valence-corrected chi connectivity index (χ4v) is 3.02. The first-order valence-corrected chi connectivity index (χ1v) is 7.74. The first kappa shape index (κ1) is 15.9. The van der Waals surface area contributed by atoms with Crippen molar-refractivity contribution in [1.82, 2.24) is 10.2 Å². The number of likely N-dealkylation sites (N-methyl/N-ethyl adjacent to an activating group) is 1. The van der Waals surface area contributed by atoms with Gasteiger partial charge in [0.25, 0.3) is 5.69 Å². The zero-order valence-electron chi connectivity index (χ0n) is 13.1. The smallest absolute Gasteiger partial charge is 0.272 e. The summed E-state index contributed by atoms with van der Waals surface area (Å²) in [5.41, 5.74) is 1.91. The van der Waals surface area contributed by atoms with Gasteiger partial charge >= 0.3 is 0 Å². The minimum atomic E-state index is -0.301. The number of nitro groups is 1. The average Bonchev–Trinajstić information content (AvgIpc) is 2.47. The van der Waals surface area contributed by atoms with Crippen LogP contribution in [-0.2, 0) is 0 Å². The summed E-state index contributed by atoms with van der Waals surface area (Å²) in [6.07, 6.45) is 2.39. The molecule has 2 unspecified atom stereocenters. The predicted octanol–water partition coefficient (Wildman–Crippen LogP) is 3.04. The molecule has 0 aliphatic carbocycles. The molecule has 1 aliphatic rings. The molecule has 1 aromatic rings. The number of aryl methyl sites for hydroxylation is 1. The largest absolute Gasteiger partial charge is 0.306 e. The third-order valence-corrected chi connectivity index (χ3v) is 4.37. The maximum atomic E-state index is 11.0. The van der Waals surface area contributed by atoms with E-state index in [1.54, 1.807) is 13.0 Å². The lowest BCUT2D eigenvalue weighted by atomic mass is 10.0. The van der Waals surface area contributed by atoms with Crippen molar-refractivity contribution >= 4 is 5.69 Å². The second-order valence-corrected chi connectivity index (χ2v) is 5.92. The van der Waals surface area contributed by atoms with Crippen LogP contribution in [0.25, 0.3) is 0 Å². The Hall–Kier alpha value is -1.46. The van der Waals surface area contributed by atoms with E-state index >= 15 is 0 Å². The molecule has 0 spiro atoms. The Balaban J connectivity index is 2.04. The Bertz CT molecular complexity index is 504. The third kappa shape index (κ3) is 4.02. The molecule has 116 valence electrons. The van der Waals surface area contributed by atoms with Crippen LogP contribution >= 0.6 is 0 Å². The lowest BCUT2D eigenvalue weighted by Crippen LogP contribution is -2.46. The fraction of sp³-hybridized carbons (Fsp3) is 0.625. The number of hydrogen-bond acceptors (Lipinski definition) is 4. The van der Waals surface area contributed by atoms with E-state index in [1.807, 2.05) is 12.1 Å². The summed E-state index contributed by atoms with van der Waals surface area (Å²) in [7, 11) is 0. The summed E-state index contributed by atoms with van der Waals surface area (Å²) in [6, 6.07) is 6.12. The first-order valence-electron chi connectivity index (χ1n) is 7.74. The lowest BCUT2D eigenvalue weighted by Gasteiger charge is -2.34. The van der Waals surface area contributed by atoms with E-state index in [9.17, 15) is 10.1 Å². The van der Waals surface area contributed by atoms with Crippen molar-refractivity contribution < 1.29 is 4.92 Å². The predicted molar refractivity (Wildman–Crippen MR) is 84.5 cm³/mol. The molecular weight excluding hydrogens is 266 g/mol. The SMILES string of the molecule is CCN1CCCC(NC(C)c2ccc(C)c([N+](=O)[O-])c2)C1. The second-order valence-electron chi connectivity index (χ2n) is 5.92. The van der Waals surface area contributed by atoms with Crippen LogP contribution in [0.5, 0.6) is 0 Å². The van der Waals surface area contributed by atoms with Crippen LogP contribution in [0.15, 0.2) is 18.2 Å². The van der Waals surface area contributed by atoms with Crippen LogP contribution < -0.4 is 5.32 Å². The molecule has 0 aromatic heterocycles. The van der Waals surface area contributed by atoms with Gasteiger partial charge in [0.05, 0.1) is 4.92 Å². The van der Waals surface area contributed by atoms with Crippen LogP contribution in [0.3, 0.4) is 0 Å². The quantitative estimate of drug-likeness (QED) is 0.669. The normalized spacial score (nSPS) is 21.2. The highest BCUT2D eigenvalue weighted by atomic mass is 16.6. The lowest BCUT2D eigenvalue weighted by molar-refractivity contribution is -0.385. The van der Waals surface area contributed by atoms with E-state index in [-0.39, 0.29) is 16.7 Å². The fourth-order valence-electron chi connectivity index (χ4n) is 3.02. The maximum Gasteiger partial charge on any atom is 0.272 e. The molecule has 1 aromatic carbocycles. The Kier molecular flexibility index (Phi) is 5.31. The first-order chi connectivity index (χ1) is 10.0. The monoisotopic (exact) mass is 291 g/mol. The van der Waals surface area contributed by atoms with Gasteiger partial charge in [-0.25, -0.2) is 0 Å². The second kappa shape index (κ2) is 7.00. The van der Waals surface area contributed by atoms with Gasteiger partial charge < -0.3 is 10.2 Å². The van der Waals surface area contributed by atoms with Gasteiger partial charge in [-0.3, -0.25) is 10.1 Å². The molecule has 1 N–H and O–H groups in total. The highest BCUT2D eigenvalue weighted by Gasteiger charge is 2.21. The van der Waals surface area contributed by atoms with Crippen molar-refractivity contribution in [1.29, 1.82) is 0 Å². The maximum absolute atomic E-state index is 11.0. The van der Waals surface area contributed by atoms with Crippen LogP contribution in [-0.4, -0.2) is 35.5 Å². The standard InChI is InChI=1S/C16H25N3O2/c1-4-18-9-5-6-15(11-18)17-13(3)14-8-7-12(2)16(10-14)19(20)21/h7-8,10,13,15,17H,4-6,9,11H2,1-3H3. The summed E-state index contributed by atoms with van der Waals surface area (Å²) in [6.45, 7) is 9.38. The molecule has 5 nitrogen and oxygen atoms in total. The van der Waals surface area contributed by atoms with Crippen molar-refractivity contribution in [3.05, 3.63) is 39.4 Å². The highest BCUT2D eigenvalue weighted by molar-refractivity contribution is 5.43. The number of rotatable bonds is 5. The molecule has 21 heavy (non-hydrogen) atoms. The number of nitrogens with zero attached hydrogens (tertiary/aromatic N) is 2. The third-order valence-electron chi connectivity index (χ3n) is 4.37. The van der Waals surface area contributed by atoms with Gasteiger partial charge in [-0.05, 0) is 45.3 Å². The molecule has 1 saturated heterocycles. The van der Waals surface area contributed by atoms with E-state index in [4.69, 9.17) is 0 Å². The van der Waals surface area contributed by atoms with Gasteiger partial charge in [-0.2, -0.15) is 0 Å². The van der Waals surface area contributed by atoms with E-state index in [0.29, 0.717) is 11.6 Å². The summed E-state index contributed by atoms with van der Waals surface area (Å²) < 4.78 is 0. The van der Waals surface area contributed by atoms with Crippen molar-refractivity contribution in [3.63, 3.8) is 0 Å². The summed E-state index contributed by atoms with van der Waals surface area (Å²) >= 11 is 0. The Morgan fingerprint density at radius 3 is 2.95 bits per heavy atom. The van der Waals surface area contributed by atoms with E-state index in [0.717, 1.165) is 18.7 Å². The van der Waals surface area contributed by atoms with Gasteiger partial charge in [0, 0.05) is 30.3 Å². The van der Waals surface area contributed by atoms with Gasteiger partial charge in [0.2, 0.25) is 0 Å². The Morgan fingerprint density at radius 1 is 1.52 bits per heavy atom. The number of benzene rings is 1. The average molecular weight is 291 g/mol. The Morgan fingerprint density at radius 2 is 2.29 bits per heavy atom. The number of nitrogens with one attached hydrogen (secondary N) is 1. The van der Waals surface area contributed by atoms with Crippen molar-refractivity contribution in [3.8, 4) is 0 Å². The molecule has 1 heterocycles. The summed E-state index contributed by atoms with van der Waals surface area (Å²) in [5, 5.41) is 14.7. The van der Waals surface area contributed by atoms with Gasteiger partial charge in [0.1, 0.15) is 0 Å². The Labute approximate surface area is 126 Å². The topological polar surface area (TPSA) is 58.4 Å². The number of nitro benzene ring substituents is 1. The van der Waals surface area contributed by atoms with Crippen molar-refractivity contribution in [2.24, 2.45) is 0 Å². The zero-order chi connectivity index (χ0) is 15.4. The number of piperidine rings is 1. The minimum absolute atomic E-state index is 0.131. The van der Waals surface area contributed by atoms with E-state index in [2.05, 4.69) is 24.1 Å². The van der Waals surface area contributed by atoms with Gasteiger partial charge in [-0.15, -0.1) is 0 Å². The molecule has 0 saturated carbocycles. The molecule has 0 bridgehead atoms. The van der Waals surface area contributed by atoms with Crippen LogP contribution in [0.1, 0.15) is 43.9 Å². The van der Waals surface area contributed by atoms with Gasteiger partial charge in [-0.1, -0.05) is 19.1 Å². The van der Waals surface area contributed by atoms with E-state index in [1.165, 1.54) is 19.4 Å². The molecule has 2 atom stereocenters. The van der Waals surface area contributed by atoms with Crippen LogP contribution in [0, 0.1) is 17.0 Å². The summed E-state index contributed by atoms with van der Waals surface area (Å²) in [4.78, 5) is 13.2. The molecule has 1 aliphatic heterocycles. The van der Waals surface area contributed by atoms with E-state index < -0.39 is 0 Å². The summed E-state index contributed by atoms with van der Waals surface area (Å²) in [5.74, 6) is 0. The minimum Gasteiger partial charge on any atom is -0.306 e. The van der Waals surface area contributed by atoms with Crippen molar-refractivity contribution in [2.45, 2.75) is 45.7 Å². The highest BCUT2D eigenvalue weighted by Crippen LogP contribution is 2.24. The molecule has 0 radical (unpaired) electrons. The molecule has 1 fully saturated rings. The zero-order valence-corrected chi connectivity index (χ0v) is 13.1. The number of likely N-dealkylation sites (tertiary alicyclic amines) is 1. The van der Waals surface area contributed by atoms with Gasteiger partial charge in [0.15, 0.2) is 0 Å². The molecular formula is C16H25N3O2.